The van der Waals surface area contributed by atoms with Crippen molar-refractivity contribution in [1.29, 1.82) is 0 Å². The molecule has 0 aromatic heterocycles. The maximum atomic E-state index is 13.1. The van der Waals surface area contributed by atoms with Crippen molar-refractivity contribution >= 4 is 28.9 Å². The number of methoxy groups -OCH3 is 1. The molecule has 1 amide bonds. The molecule has 0 spiro atoms. The van der Waals surface area contributed by atoms with E-state index in [9.17, 15) is 9.18 Å². The third-order valence-corrected chi connectivity index (χ3v) is 4.46. The zero-order chi connectivity index (χ0) is 17.1. The Morgan fingerprint density at radius 3 is 2.67 bits per heavy atom. The number of hydrogen-bond donors (Lipinski definition) is 1. The third kappa shape index (κ3) is 3.68. The molecule has 0 radical (unpaired) electrons. The van der Waals surface area contributed by atoms with Crippen LogP contribution >= 0.6 is 11.6 Å². The predicted molar refractivity (Wildman–Crippen MR) is 93.4 cm³/mol. The van der Waals surface area contributed by atoms with Gasteiger partial charge in [-0.3, -0.25) is 4.79 Å². The van der Waals surface area contributed by atoms with Gasteiger partial charge >= 0.3 is 0 Å². The van der Waals surface area contributed by atoms with Gasteiger partial charge < -0.3 is 15.0 Å². The van der Waals surface area contributed by atoms with Crippen LogP contribution in [0.4, 0.5) is 15.8 Å². The van der Waals surface area contributed by atoms with E-state index >= 15 is 0 Å². The molecule has 24 heavy (non-hydrogen) atoms. The second-order valence-corrected chi connectivity index (χ2v) is 6.12. The normalized spacial score (nSPS) is 17.1. The molecular formula is C18H18ClFN2O2. The number of rotatable bonds is 4. The van der Waals surface area contributed by atoms with Crippen molar-refractivity contribution in [3.8, 4) is 0 Å². The average Bonchev–Trinajstić information content (AvgIpc) is 3.04. The van der Waals surface area contributed by atoms with Gasteiger partial charge in [0.15, 0.2) is 0 Å². The van der Waals surface area contributed by atoms with Crippen molar-refractivity contribution in [1.82, 2.24) is 0 Å². The fraction of sp³-hybridized carbons (Fsp3) is 0.278. The predicted octanol–water partition coefficient (Wildman–Crippen LogP) is 3.96. The summed E-state index contributed by atoms with van der Waals surface area (Å²) in [5.41, 5.74) is 1.99. The van der Waals surface area contributed by atoms with Crippen molar-refractivity contribution in [3.63, 3.8) is 0 Å². The van der Waals surface area contributed by atoms with Crippen LogP contribution in [-0.2, 0) is 4.74 Å². The summed E-state index contributed by atoms with van der Waals surface area (Å²) in [5, 5.41) is 2.86. The summed E-state index contributed by atoms with van der Waals surface area (Å²) in [5.74, 6) is -0.839. The van der Waals surface area contributed by atoms with Gasteiger partial charge in [0.05, 0.1) is 16.7 Å². The fourth-order valence-electron chi connectivity index (χ4n) is 2.78. The first-order chi connectivity index (χ1) is 11.6. The Morgan fingerprint density at radius 1 is 1.29 bits per heavy atom. The highest BCUT2D eigenvalue weighted by atomic mass is 35.5. The molecule has 0 aliphatic carbocycles. The number of halogens is 2. The minimum Gasteiger partial charge on any atom is -0.380 e. The molecule has 1 fully saturated rings. The monoisotopic (exact) mass is 348 g/mol. The molecule has 6 heteroatoms. The largest absolute Gasteiger partial charge is 0.380 e. The van der Waals surface area contributed by atoms with E-state index in [1.165, 1.54) is 12.1 Å². The lowest BCUT2D eigenvalue weighted by Gasteiger charge is -2.18. The second kappa shape index (κ2) is 7.20. The van der Waals surface area contributed by atoms with Gasteiger partial charge in [-0.05, 0) is 48.9 Å². The summed E-state index contributed by atoms with van der Waals surface area (Å²) >= 11 is 5.91. The first-order valence-electron chi connectivity index (χ1n) is 7.71. The van der Waals surface area contributed by atoms with E-state index in [1.807, 2.05) is 24.3 Å². The number of amides is 1. The molecule has 1 aliphatic heterocycles. The van der Waals surface area contributed by atoms with Gasteiger partial charge in [-0.15, -0.1) is 0 Å². The highest BCUT2D eigenvalue weighted by Crippen LogP contribution is 2.24. The first kappa shape index (κ1) is 16.7. The van der Waals surface area contributed by atoms with Crippen LogP contribution in [0.15, 0.2) is 42.5 Å². The minimum atomic E-state index is -0.471. The van der Waals surface area contributed by atoms with E-state index in [4.69, 9.17) is 16.3 Å². The number of carbonyl (C=O) groups excluding carboxylic acids is 1. The van der Waals surface area contributed by atoms with Gasteiger partial charge in [0.25, 0.3) is 5.91 Å². The fourth-order valence-corrected chi connectivity index (χ4v) is 3.04. The smallest absolute Gasteiger partial charge is 0.257 e. The zero-order valence-electron chi connectivity index (χ0n) is 13.3. The second-order valence-electron chi connectivity index (χ2n) is 5.72. The van der Waals surface area contributed by atoms with Crippen molar-refractivity contribution < 1.29 is 13.9 Å². The molecule has 1 atom stereocenters. The maximum Gasteiger partial charge on any atom is 0.257 e. The van der Waals surface area contributed by atoms with Crippen LogP contribution in [-0.4, -0.2) is 32.2 Å². The number of benzene rings is 2. The van der Waals surface area contributed by atoms with Crippen LogP contribution in [0.5, 0.6) is 0 Å². The molecule has 3 rings (SSSR count). The van der Waals surface area contributed by atoms with Gasteiger partial charge in [-0.2, -0.15) is 0 Å². The molecule has 1 N–H and O–H groups in total. The lowest BCUT2D eigenvalue weighted by Crippen LogP contribution is -2.22. The number of hydrogen-bond acceptors (Lipinski definition) is 3. The van der Waals surface area contributed by atoms with Crippen LogP contribution in [0.2, 0.25) is 5.02 Å². The van der Waals surface area contributed by atoms with Crippen molar-refractivity contribution in [2.75, 3.05) is 30.4 Å². The molecule has 126 valence electrons. The molecule has 0 bridgehead atoms. The summed E-state index contributed by atoms with van der Waals surface area (Å²) in [6, 6.07) is 11.3. The van der Waals surface area contributed by atoms with E-state index in [2.05, 4.69) is 10.2 Å². The summed E-state index contributed by atoms with van der Waals surface area (Å²) in [6.45, 7) is 1.82. The van der Waals surface area contributed by atoms with E-state index in [0.717, 1.165) is 31.3 Å². The molecule has 2 aromatic rings. The Balaban J connectivity index is 1.67. The highest BCUT2D eigenvalue weighted by molar-refractivity contribution is 6.34. The van der Waals surface area contributed by atoms with Crippen LogP contribution in [0, 0.1) is 5.82 Å². The zero-order valence-corrected chi connectivity index (χ0v) is 14.0. The minimum absolute atomic E-state index is 0.0896. The molecule has 1 unspecified atom stereocenters. The van der Waals surface area contributed by atoms with Crippen LogP contribution < -0.4 is 10.2 Å². The van der Waals surface area contributed by atoms with Gasteiger partial charge in [-0.1, -0.05) is 11.6 Å². The van der Waals surface area contributed by atoms with Gasteiger partial charge in [0.1, 0.15) is 5.82 Å². The van der Waals surface area contributed by atoms with E-state index < -0.39 is 5.82 Å². The van der Waals surface area contributed by atoms with E-state index in [0.29, 0.717) is 5.69 Å². The summed E-state index contributed by atoms with van der Waals surface area (Å²) in [4.78, 5) is 14.5. The number of nitrogens with one attached hydrogen (secondary N) is 1. The number of ether oxygens (including phenoxy) is 1. The average molecular weight is 349 g/mol. The lowest BCUT2D eigenvalue weighted by molar-refractivity contribution is 0.102. The summed E-state index contributed by atoms with van der Waals surface area (Å²) in [7, 11) is 1.73. The van der Waals surface area contributed by atoms with Gasteiger partial charge in [0.2, 0.25) is 0 Å². The molecule has 1 aliphatic rings. The number of nitrogens with zero attached hydrogens (tertiary/aromatic N) is 1. The summed E-state index contributed by atoms with van der Waals surface area (Å²) < 4.78 is 18.4. The number of anilines is 2. The van der Waals surface area contributed by atoms with Crippen molar-refractivity contribution in [2.45, 2.75) is 12.5 Å². The van der Waals surface area contributed by atoms with Crippen molar-refractivity contribution in [3.05, 3.63) is 58.9 Å². The third-order valence-electron chi connectivity index (χ3n) is 4.14. The highest BCUT2D eigenvalue weighted by Gasteiger charge is 2.22. The van der Waals surface area contributed by atoms with Gasteiger partial charge in [-0.25, -0.2) is 4.39 Å². The van der Waals surface area contributed by atoms with Crippen LogP contribution in [0.1, 0.15) is 16.8 Å². The quantitative estimate of drug-likeness (QED) is 0.909. The topological polar surface area (TPSA) is 41.6 Å². The molecule has 4 nitrogen and oxygen atoms in total. The van der Waals surface area contributed by atoms with Crippen molar-refractivity contribution in [2.24, 2.45) is 0 Å². The first-order valence-corrected chi connectivity index (χ1v) is 8.09. The standard InChI is InChI=1S/C18H18ClFN2O2/c1-24-15-8-9-22(11-15)14-5-3-13(4-6-14)21-18(23)16-7-2-12(20)10-17(16)19/h2-7,10,15H,8-9,11H2,1H3,(H,21,23). The van der Waals surface area contributed by atoms with Crippen LogP contribution in [0.25, 0.3) is 0 Å². The molecular weight excluding hydrogens is 331 g/mol. The molecule has 2 aromatic carbocycles. The van der Waals surface area contributed by atoms with Crippen LogP contribution in [0.3, 0.4) is 0 Å². The lowest BCUT2D eigenvalue weighted by atomic mass is 10.2. The van der Waals surface area contributed by atoms with Gasteiger partial charge in [0, 0.05) is 31.6 Å². The Hall–Kier alpha value is -2.11. The molecule has 0 saturated carbocycles. The molecule has 1 heterocycles. The molecule has 1 saturated heterocycles. The Morgan fingerprint density at radius 2 is 2.04 bits per heavy atom. The number of carbonyl (C=O) groups is 1. The SMILES string of the molecule is COC1CCN(c2ccc(NC(=O)c3ccc(F)cc3Cl)cc2)C1. The Bertz CT molecular complexity index is 736. The maximum absolute atomic E-state index is 13.1. The van der Waals surface area contributed by atoms with E-state index in [1.54, 1.807) is 7.11 Å². The Kier molecular flexibility index (Phi) is 5.02. The Labute approximate surface area is 145 Å². The van der Waals surface area contributed by atoms with E-state index in [-0.39, 0.29) is 22.6 Å². The summed E-state index contributed by atoms with van der Waals surface area (Å²) in [6.07, 6.45) is 1.28.